The van der Waals surface area contributed by atoms with Crippen LogP contribution in [0, 0.1) is 3.57 Å². The van der Waals surface area contributed by atoms with E-state index >= 15 is 0 Å². The van der Waals surface area contributed by atoms with Gasteiger partial charge in [-0.3, -0.25) is 4.68 Å². The molecule has 1 aromatic heterocycles. The average Bonchev–Trinajstić information content (AvgIpc) is 2.78. The van der Waals surface area contributed by atoms with Gasteiger partial charge in [0, 0.05) is 21.9 Å². The van der Waals surface area contributed by atoms with Crippen LogP contribution in [-0.2, 0) is 6.54 Å². The summed E-state index contributed by atoms with van der Waals surface area (Å²) in [5.41, 5.74) is 1.78. The molecule has 0 aliphatic carbocycles. The van der Waals surface area contributed by atoms with Gasteiger partial charge in [-0.1, -0.05) is 25.1 Å². The highest BCUT2D eigenvalue weighted by molar-refractivity contribution is 14.1. The van der Waals surface area contributed by atoms with Gasteiger partial charge in [0.1, 0.15) is 6.10 Å². The fraction of sp³-hybridized carbons (Fsp3) is 0.308. The number of aryl methyl sites for hydroxylation is 1. The largest absolute Gasteiger partial charge is 0.384 e. The summed E-state index contributed by atoms with van der Waals surface area (Å²) in [6, 6.07) is 7.86. The highest BCUT2D eigenvalue weighted by Crippen LogP contribution is 2.25. The number of aliphatic hydroxyl groups excluding tert-OH is 1. The summed E-state index contributed by atoms with van der Waals surface area (Å²) >= 11 is 2.24. The topological polar surface area (TPSA) is 38.0 Å². The fourth-order valence-corrected chi connectivity index (χ4v) is 2.43. The van der Waals surface area contributed by atoms with E-state index in [1.54, 1.807) is 6.20 Å². The number of halogens is 1. The molecule has 2 rings (SSSR count). The highest BCUT2D eigenvalue weighted by atomic mass is 127. The lowest BCUT2D eigenvalue weighted by molar-refractivity contribution is 0.219. The summed E-state index contributed by atoms with van der Waals surface area (Å²) in [7, 11) is 0. The number of hydrogen-bond donors (Lipinski definition) is 1. The average molecular weight is 342 g/mol. The lowest BCUT2D eigenvalue weighted by atomic mass is 10.1. The highest BCUT2D eigenvalue weighted by Gasteiger charge is 2.14. The van der Waals surface area contributed by atoms with Crippen LogP contribution in [0.2, 0.25) is 0 Å². The molecule has 17 heavy (non-hydrogen) atoms. The molecule has 1 aromatic carbocycles. The maximum absolute atomic E-state index is 10.3. The molecule has 90 valence electrons. The van der Waals surface area contributed by atoms with Crippen molar-refractivity contribution in [3.05, 3.63) is 51.4 Å². The smallest absolute Gasteiger partial charge is 0.108 e. The summed E-state index contributed by atoms with van der Waals surface area (Å²) in [5.74, 6) is 0. The van der Waals surface area contributed by atoms with Crippen LogP contribution in [0.4, 0.5) is 0 Å². The molecule has 0 saturated carbocycles. The Bertz CT molecular complexity index is 496. The third-order valence-corrected chi connectivity index (χ3v) is 3.60. The molecule has 0 saturated heterocycles. The normalized spacial score (nSPS) is 12.6. The number of hydrogen-bond acceptors (Lipinski definition) is 2. The van der Waals surface area contributed by atoms with Crippen molar-refractivity contribution in [2.45, 2.75) is 26.0 Å². The Hall–Kier alpha value is -0.880. The van der Waals surface area contributed by atoms with E-state index < -0.39 is 6.10 Å². The number of rotatable bonds is 4. The van der Waals surface area contributed by atoms with Crippen LogP contribution in [0.3, 0.4) is 0 Å². The molecule has 0 aliphatic heterocycles. The molecule has 0 bridgehead atoms. The van der Waals surface area contributed by atoms with E-state index in [9.17, 15) is 5.11 Å². The summed E-state index contributed by atoms with van der Waals surface area (Å²) in [5, 5.41) is 14.5. The van der Waals surface area contributed by atoms with Crippen molar-refractivity contribution in [3.63, 3.8) is 0 Å². The zero-order valence-electron chi connectivity index (χ0n) is 9.68. The van der Waals surface area contributed by atoms with Crippen LogP contribution in [0.5, 0.6) is 0 Å². The van der Waals surface area contributed by atoms with Gasteiger partial charge in [-0.2, -0.15) is 5.10 Å². The number of benzene rings is 1. The van der Waals surface area contributed by atoms with E-state index in [0.717, 1.165) is 27.7 Å². The molecule has 1 atom stereocenters. The Kier molecular flexibility index (Phi) is 4.17. The van der Waals surface area contributed by atoms with Crippen molar-refractivity contribution in [1.82, 2.24) is 9.78 Å². The molecular weight excluding hydrogens is 327 g/mol. The van der Waals surface area contributed by atoms with E-state index in [4.69, 9.17) is 0 Å². The Balaban J connectivity index is 2.24. The van der Waals surface area contributed by atoms with Gasteiger partial charge in [-0.25, -0.2) is 0 Å². The van der Waals surface area contributed by atoms with Crippen molar-refractivity contribution in [3.8, 4) is 0 Å². The van der Waals surface area contributed by atoms with Crippen molar-refractivity contribution in [2.24, 2.45) is 0 Å². The summed E-state index contributed by atoms with van der Waals surface area (Å²) < 4.78 is 2.94. The quantitative estimate of drug-likeness (QED) is 0.868. The number of aromatic nitrogens is 2. The second kappa shape index (κ2) is 5.64. The first-order valence-electron chi connectivity index (χ1n) is 5.67. The predicted octanol–water partition coefficient (Wildman–Crippen LogP) is 2.98. The molecule has 3 nitrogen and oxygen atoms in total. The van der Waals surface area contributed by atoms with Crippen molar-refractivity contribution < 1.29 is 5.11 Å². The zero-order valence-corrected chi connectivity index (χ0v) is 11.8. The SMILES string of the molecule is CCCn1cc(C(O)c2ccccc2I)cn1. The maximum atomic E-state index is 10.3. The van der Waals surface area contributed by atoms with Gasteiger partial charge in [0.05, 0.1) is 6.20 Å². The second-order valence-corrected chi connectivity index (χ2v) is 5.12. The van der Waals surface area contributed by atoms with Gasteiger partial charge < -0.3 is 5.11 Å². The van der Waals surface area contributed by atoms with Crippen LogP contribution in [0.15, 0.2) is 36.7 Å². The molecule has 0 amide bonds. The zero-order chi connectivity index (χ0) is 12.3. The van der Waals surface area contributed by atoms with Crippen LogP contribution >= 0.6 is 22.6 Å². The van der Waals surface area contributed by atoms with Gasteiger partial charge in [-0.05, 0) is 40.6 Å². The molecular formula is C13H15IN2O. The van der Waals surface area contributed by atoms with Crippen molar-refractivity contribution in [2.75, 3.05) is 0 Å². The number of nitrogens with zero attached hydrogens (tertiary/aromatic N) is 2. The van der Waals surface area contributed by atoms with E-state index in [-0.39, 0.29) is 0 Å². The van der Waals surface area contributed by atoms with Crippen LogP contribution < -0.4 is 0 Å². The molecule has 1 unspecified atom stereocenters. The first kappa shape index (κ1) is 12.6. The minimum atomic E-state index is -0.589. The monoisotopic (exact) mass is 342 g/mol. The summed E-state index contributed by atoms with van der Waals surface area (Å²) in [4.78, 5) is 0. The minimum absolute atomic E-state index is 0.589. The van der Waals surface area contributed by atoms with Gasteiger partial charge in [0.25, 0.3) is 0 Å². The van der Waals surface area contributed by atoms with E-state index in [0.29, 0.717) is 0 Å². The number of aliphatic hydroxyl groups is 1. The Morgan fingerprint density at radius 3 is 2.88 bits per heavy atom. The van der Waals surface area contributed by atoms with Crippen LogP contribution in [0.25, 0.3) is 0 Å². The first-order valence-corrected chi connectivity index (χ1v) is 6.75. The molecule has 0 radical (unpaired) electrons. The van der Waals surface area contributed by atoms with Gasteiger partial charge in [0.2, 0.25) is 0 Å². The van der Waals surface area contributed by atoms with Crippen LogP contribution in [0.1, 0.15) is 30.6 Å². The van der Waals surface area contributed by atoms with Gasteiger partial charge >= 0.3 is 0 Å². The summed E-state index contributed by atoms with van der Waals surface area (Å²) in [6.07, 6.45) is 4.11. The Morgan fingerprint density at radius 2 is 2.18 bits per heavy atom. The van der Waals surface area contributed by atoms with Gasteiger partial charge in [0.15, 0.2) is 0 Å². The van der Waals surface area contributed by atoms with E-state index in [2.05, 4.69) is 34.6 Å². The van der Waals surface area contributed by atoms with Crippen molar-refractivity contribution in [1.29, 1.82) is 0 Å². The predicted molar refractivity (Wildman–Crippen MR) is 75.7 cm³/mol. The molecule has 4 heteroatoms. The van der Waals surface area contributed by atoms with E-state index in [1.165, 1.54) is 0 Å². The van der Waals surface area contributed by atoms with Crippen molar-refractivity contribution >= 4 is 22.6 Å². The lowest BCUT2D eigenvalue weighted by Gasteiger charge is -2.10. The second-order valence-electron chi connectivity index (χ2n) is 3.96. The molecule has 0 spiro atoms. The lowest BCUT2D eigenvalue weighted by Crippen LogP contribution is -2.01. The third-order valence-electron chi connectivity index (χ3n) is 2.62. The standard InChI is InChI=1S/C13H15IN2O/c1-2-7-16-9-10(8-15-16)13(17)11-5-3-4-6-12(11)14/h3-6,8-9,13,17H,2,7H2,1H3. The molecule has 0 aliphatic rings. The van der Waals surface area contributed by atoms with Crippen LogP contribution in [-0.4, -0.2) is 14.9 Å². The van der Waals surface area contributed by atoms with E-state index in [1.807, 2.05) is 35.1 Å². The van der Waals surface area contributed by atoms with Gasteiger partial charge in [-0.15, -0.1) is 0 Å². The first-order chi connectivity index (χ1) is 8.22. The minimum Gasteiger partial charge on any atom is -0.384 e. The Morgan fingerprint density at radius 1 is 1.41 bits per heavy atom. The molecule has 0 fully saturated rings. The fourth-order valence-electron chi connectivity index (χ4n) is 1.75. The third kappa shape index (κ3) is 2.87. The molecule has 2 aromatic rings. The Labute approximate surface area is 115 Å². The molecule has 1 N–H and O–H groups in total. The molecule has 1 heterocycles. The maximum Gasteiger partial charge on any atom is 0.108 e. The summed E-state index contributed by atoms with van der Waals surface area (Å²) in [6.45, 7) is 3.00.